The second kappa shape index (κ2) is 6.34. The van der Waals surface area contributed by atoms with Crippen molar-refractivity contribution < 1.29 is 9.53 Å². The molecular weight excluding hydrogens is 358 g/mol. The van der Waals surface area contributed by atoms with Crippen LogP contribution >= 0.6 is 23.1 Å². The fourth-order valence-electron chi connectivity index (χ4n) is 3.63. The number of carbonyl (C=O) groups is 1. The number of thioether (sulfide) groups is 1. The lowest BCUT2D eigenvalue weighted by molar-refractivity contribution is -0.113. The number of fused-ring (bicyclic) bond motifs is 1. The molecule has 2 aliphatic rings. The standard InChI is InChI=1S/C17H21N3O3S2/c1-17(2)7-11(3-5-23-17)20-15-13(16(22)19-20)14(10-4-6-24-8-10)25-9-12(21)18-15/h4,6,8,11,14H,3,5,7,9H2,1-2H3,(H,18,21)(H,19,22). The number of anilines is 1. The third kappa shape index (κ3) is 3.18. The van der Waals surface area contributed by atoms with Gasteiger partial charge in [0, 0.05) is 6.61 Å². The SMILES string of the molecule is CC1(C)CC(n2[nH]c(=O)c3c2NC(=O)CSC3c2ccsc2)CCO1. The molecule has 2 atom stereocenters. The lowest BCUT2D eigenvalue weighted by Gasteiger charge is -2.36. The van der Waals surface area contributed by atoms with Gasteiger partial charge in [-0.15, -0.1) is 11.8 Å². The monoisotopic (exact) mass is 379 g/mol. The quantitative estimate of drug-likeness (QED) is 0.840. The van der Waals surface area contributed by atoms with Crippen molar-refractivity contribution in [1.82, 2.24) is 9.78 Å². The number of ether oxygens (including phenoxy) is 1. The van der Waals surface area contributed by atoms with Gasteiger partial charge in [-0.1, -0.05) is 0 Å². The van der Waals surface area contributed by atoms with Crippen LogP contribution in [0.5, 0.6) is 0 Å². The number of rotatable bonds is 2. The maximum Gasteiger partial charge on any atom is 0.270 e. The molecule has 1 amide bonds. The zero-order valence-corrected chi connectivity index (χ0v) is 15.8. The summed E-state index contributed by atoms with van der Waals surface area (Å²) in [4.78, 5) is 25.0. The first-order valence-electron chi connectivity index (χ1n) is 8.36. The van der Waals surface area contributed by atoms with Gasteiger partial charge >= 0.3 is 0 Å². The number of hydrogen-bond acceptors (Lipinski definition) is 5. The second-order valence-electron chi connectivity index (χ2n) is 7.12. The fraction of sp³-hybridized carbons (Fsp3) is 0.529. The van der Waals surface area contributed by atoms with E-state index in [1.54, 1.807) is 11.3 Å². The molecule has 2 aromatic rings. The molecule has 0 saturated carbocycles. The van der Waals surface area contributed by atoms with Crippen molar-refractivity contribution in [3.8, 4) is 0 Å². The van der Waals surface area contributed by atoms with Crippen LogP contribution in [0.1, 0.15) is 49.1 Å². The van der Waals surface area contributed by atoms with Crippen LogP contribution in [0.25, 0.3) is 0 Å². The predicted molar refractivity (Wildman–Crippen MR) is 101 cm³/mol. The van der Waals surface area contributed by atoms with Crippen LogP contribution in [-0.2, 0) is 9.53 Å². The van der Waals surface area contributed by atoms with Gasteiger partial charge in [-0.3, -0.25) is 19.4 Å². The first kappa shape index (κ1) is 16.9. The average molecular weight is 380 g/mol. The summed E-state index contributed by atoms with van der Waals surface area (Å²) in [6.45, 7) is 4.76. The number of aromatic nitrogens is 2. The van der Waals surface area contributed by atoms with E-state index in [4.69, 9.17) is 4.74 Å². The highest BCUT2D eigenvalue weighted by Gasteiger charge is 2.35. The second-order valence-corrected chi connectivity index (χ2v) is 9.00. The van der Waals surface area contributed by atoms with Gasteiger partial charge in [-0.05, 0) is 49.1 Å². The highest BCUT2D eigenvalue weighted by atomic mass is 32.2. The minimum absolute atomic E-state index is 0.0666. The molecule has 6 nitrogen and oxygen atoms in total. The number of carbonyl (C=O) groups excluding carboxylic acids is 1. The van der Waals surface area contributed by atoms with Crippen LogP contribution in [0.4, 0.5) is 5.82 Å². The number of amides is 1. The molecule has 0 aliphatic carbocycles. The molecule has 4 rings (SSSR count). The highest BCUT2D eigenvalue weighted by Crippen LogP contribution is 2.42. The zero-order valence-electron chi connectivity index (χ0n) is 14.2. The lowest BCUT2D eigenvalue weighted by Crippen LogP contribution is -2.36. The predicted octanol–water partition coefficient (Wildman–Crippen LogP) is 3.14. The van der Waals surface area contributed by atoms with Crippen molar-refractivity contribution in [3.63, 3.8) is 0 Å². The maximum absolute atomic E-state index is 12.8. The van der Waals surface area contributed by atoms with Crippen LogP contribution in [0.15, 0.2) is 21.6 Å². The molecule has 2 N–H and O–H groups in total. The molecule has 0 aromatic carbocycles. The van der Waals surface area contributed by atoms with E-state index in [2.05, 4.69) is 24.3 Å². The summed E-state index contributed by atoms with van der Waals surface area (Å²) in [6, 6.07) is 2.13. The van der Waals surface area contributed by atoms with Crippen molar-refractivity contribution in [2.75, 3.05) is 17.7 Å². The van der Waals surface area contributed by atoms with Crippen molar-refractivity contribution in [3.05, 3.63) is 38.3 Å². The van der Waals surface area contributed by atoms with Gasteiger partial charge in [-0.25, -0.2) is 0 Å². The van der Waals surface area contributed by atoms with Crippen LogP contribution in [0.2, 0.25) is 0 Å². The molecule has 0 bridgehead atoms. The van der Waals surface area contributed by atoms with E-state index < -0.39 is 0 Å². The van der Waals surface area contributed by atoms with Gasteiger partial charge in [-0.2, -0.15) is 11.3 Å². The minimum Gasteiger partial charge on any atom is -0.375 e. The third-order valence-corrected chi connectivity index (χ3v) is 6.72. The normalized spacial score (nSPS) is 25.9. The summed E-state index contributed by atoms with van der Waals surface area (Å²) < 4.78 is 7.66. The molecule has 134 valence electrons. The van der Waals surface area contributed by atoms with E-state index in [0.29, 0.717) is 23.7 Å². The lowest BCUT2D eigenvalue weighted by atomic mass is 9.94. The molecule has 0 radical (unpaired) electrons. The summed E-state index contributed by atoms with van der Waals surface area (Å²) in [5.41, 5.74) is 1.36. The van der Waals surface area contributed by atoms with E-state index in [9.17, 15) is 9.59 Å². The Balaban J connectivity index is 1.80. The number of hydrogen-bond donors (Lipinski definition) is 2. The zero-order chi connectivity index (χ0) is 17.6. The van der Waals surface area contributed by atoms with Crippen molar-refractivity contribution in [2.24, 2.45) is 0 Å². The minimum atomic E-state index is -0.243. The van der Waals surface area contributed by atoms with Crippen LogP contribution in [0, 0.1) is 0 Å². The van der Waals surface area contributed by atoms with Crippen molar-refractivity contribution >= 4 is 34.8 Å². The summed E-state index contributed by atoms with van der Waals surface area (Å²) in [7, 11) is 0. The Morgan fingerprint density at radius 1 is 1.36 bits per heavy atom. The van der Waals surface area contributed by atoms with Gasteiger partial charge < -0.3 is 10.1 Å². The Morgan fingerprint density at radius 2 is 2.20 bits per heavy atom. The molecule has 4 heterocycles. The highest BCUT2D eigenvalue weighted by molar-refractivity contribution is 8.00. The topological polar surface area (TPSA) is 76.1 Å². The molecule has 2 unspecified atom stereocenters. The smallest absolute Gasteiger partial charge is 0.270 e. The van der Waals surface area contributed by atoms with Gasteiger partial charge in [0.2, 0.25) is 5.91 Å². The van der Waals surface area contributed by atoms with E-state index in [0.717, 1.165) is 18.4 Å². The molecule has 8 heteroatoms. The number of thiophene rings is 1. The molecule has 0 spiro atoms. The summed E-state index contributed by atoms with van der Waals surface area (Å²) >= 11 is 3.10. The van der Waals surface area contributed by atoms with Gasteiger partial charge in [0.15, 0.2) is 0 Å². The Kier molecular flexibility index (Phi) is 4.29. The Bertz CT molecular complexity index is 838. The van der Waals surface area contributed by atoms with Crippen LogP contribution in [-0.4, -0.2) is 33.6 Å². The third-order valence-electron chi connectivity index (χ3n) is 4.75. The first-order valence-corrected chi connectivity index (χ1v) is 10.4. The first-order chi connectivity index (χ1) is 11.9. The number of H-pyrrole nitrogens is 1. The molecule has 25 heavy (non-hydrogen) atoms. The van der Waals surface area contributed by atoms with Crippen molar-refractivity contribution in [2.45, 2.75) is 43.6 Å². The molecule has 2 aliphatic heterocycles. The van der Waals surface area contributed by atoms with E-state index in [-0.39, 0.29) is 28.4 Å². The van der Waals surface area contributed by atoms with E-state index in [1.165, 1.54) is 11.8 Å². The number of aromatic amines is 1. The van der Waals surface area contributed by atoms with Crippen LogP contribution < -0.4 is 10.9 Å². The molecule has 1 fully saturated rings. The van der Waals surface area contributed by atoms with Crippen molar-refractivity contribution in [1.29, 1.82) is 0 Å². The van der Waals surface area contributed by atoms with Gasteiger partial charge in [0.05, 0.1) is 28.2 Å². The average Bonchev–Trinajstić information content (AvgIpc) is 3.13. The summed E-state index contributed by atoms with van der Waals surface area (Å²) in [5.74, 6) is 0.899. The Morgan fingerprint density at radius 3 is 2.92 bits per heavy atom. The Labute approximate surface area is 153 Å². The fourth-order valence-corrected chi connectivity index (χ4v) is 5.51. The van der Waals surface area contributed by atoms with E-state index >= 15 is 0 Å². The largest absolute Gasteiger partial charge is 0.375 e. The Hall–Kier alpha value is -1.51. The van der Waals surface area contributed by atoms with Gasteiger partial charge in [0.1, 0.15) is 5.82 Å². The maximum atomic E-state index is 12.8. The molecular formula is C17H21N3O3S2. The molecule has 2 aromatic heterocycles. The number of nitrogens with one attached hydrogen (secondary N) is 2. The van der Waals surface area contributed by atoms with Gasteiger partial charge in [0.25, 0.3) is 5.56 Å². The van der Waals surface area contributed by atoms with E-state index in [1.807, 2.05) is 21.5 Å². The molecule has 1 saturated heterocycles. The summed E-state index contributed by atoms with van der Waals surface area (Å²) in [5, 5.41) is 9.87. The summed E-state index contributed by atoms with van der Waals surface area (Å²) in [6.07, 6.45) is 1.60. The number of nitrogens with zero attached hydrogens (tertiary/aromatic N) is 1. The van der Waals surface area contributed by atoms with Crippen LogP contribution in [0.3, 0.4) is 0 Å².